The maximum absolute atomic E-state index is 13.3. The van der Waals surface area contributed by atoms with Gasteiger partial charge in [-0.05, 0) is 42.3 Å². The van der Waals surface area contributed by atoms with Crippen molar-refractivity contribution in [1.29, 1.82) is 0 Å². The van der Waals surface area contributed by atoms with E-state index in [1.54, 1.807) is 37.1 Å². The van der Waals surface area contributed by atoms with Gasteiger partial charge in [0.1, 0.15) is 11.6 Å². The van der Waals surface area contributed by atoms with Crippen LogP contribution in [0.15, 0.2) is 73.1 Å². The first-order valence-corrected chi connectivity index (χ1v) is 9.46. The second-order valence-corrected chi connectivity index (χ2v) is 6.94. The van der Waals surface area contributed by atoms with E-state index in [1.807, 2.05) is 10.8 Å². The number of pyridine rings is 1. The van der Waals surface area contributed by atoms with Crippen LogP contribution in [0.25, 0.3) is 5.76 Å². The van der Waals surface area contributed by atoms with E-state index in [0.717, 1.165) is 0 Å². The monoisotopic (exact) mass is 406 g/mol. The van der Waals surface area contributed by atoms with E-state index in [1.165, 1.54) is 29.2 Å². The zero-order valence-corrected chi connectivity index (χ0v) is 16.0. The van der Waals surface area contributed by atoms with Crippen molar-refractivity contribution in [1.82, 2.24) is 19.4 Å². The molecule has 4 rings (SSSR count). The molecule has 1 saturated heterocycles. The molecule has 2 aromatic heterocycles. The van der Waals surface area contributed by atoms with Crippen LogP contribution in [0.4, 0.5) is 4.39 Å². The topological polar surface area (TPSA) is 88.3 Å². The molecule has 1 aromatic carbocycles. The molecule has 1 atom stereocenters. The van der Waals surface area contributed by atoms with Crippen LogP contribution in [-0.4, -0.2) is 42.8 Å². The van der Waals surface area contributed by atoms with Gasteiger partial charge in [-0.1, -0.05) is 6.07 Å². The van der Waals surface area contributed by atoms with E-state index in [0.29, 0.717) is 25.1 Å². The summed E-state index contributed by atoms with van der Waals surface area (Å²) in [7, 11) is 0. The minimum Gasteiger partial charge on any atom is -0.507 e. The number of nitrogens with zero attached hydrogens (tertiary/aromatic N) is 4. The summed E-state index contributed by atoms with van der Waals surface area (Å²) in [6.45, 7) is 0.934. The average Bonchev–Trinajstić information content (AvgIpc) is 3.37. The number of hydrogen-bond acceptors (Lipinski definition) is 5. The number of carbonyl (C=O) groups is 2. The molecule has 0 spiro atoms. The fourth-order valence-electron chi connectivity index (χ4n) is 3.60. The Morgan fingerprint density at radius 1 is 1.07 bits per heavy atom. The van der Waals surface area contributed by atoms with Crippen molar-refractivity contribution >= 4 is 17.4 Å². The van der Waals surface area contributed by atoms with Gasteiger partial charge in [0, 0.05) is 43.4 Å². The van der Waals surface area contributed by atoms with Crippen molar-refractivity contribution in [2.45, 2.75) is 19.0 Å². The number of carbonyl (C=O) groups excluding carboxylic acids is 2. The summed E-state index contributed by atoms with van der Waals surface area (Å²) in [4.78, 5) is 35.2. The van der Waals surface area contributed by atoms with Crippen LogP contribution in [-0.2, 0) is 16.1 Å². The Hall–Kier alpha value is -3.81. The molecule has 152 valence electrons. The zero-order valence-electron chi connectivity index (χ0n) is 16.0. The van der Waals surface area contributed by atoms with Crippen LogP contribution in [0, 0.1) is 5.82 Å². The number of halogens is 1. The Balaban J connectivity index is 1.71. The van der Waals surface area contributed by atoms with Gasteiger partial charge in [0.05, 0.1) is 17.9 Å². The number of Topliss-reactive ketones (excluding diaryl/α,β-unsaturated/α-hetero) is 1. The Kier molecular flexibility index (Phi) is 5.38. The standard InChI is InChI=1S/C22H19FN4O3/c23-17-6-4-15(5-7-17)20(28)18-19(16-3-1-8-24-13-16)27(22(30)21(18)29)11-2-10-26-12-9-25-14-26/h1,3-9,12-14,19,28H,2,10-11H2. The fourth-order valence-corrected chi connectivity index (χ4v) is 3.60. The Labute approximate surface area is 172 Å². The maximum atomic E-state index is 13.3. The third-order valence-corrected chi connectivity index (χ3v) is 5.03. The predicted molar refractivity (Wildman–Crippen MR) is 106 cm³/mol. The van der Waals surface area contributed by atoms with Crippen molar-refractivity contribution in [2.24, 2.45) is 0 Å². The lowest BCUT2D eigenvalue weighted by Gasteiger charge is -2.25. The van der Waals surface area contributed by atoms with E-state index in [2.05, 4.69) is 9.97 Å². The average molecular weight is 406 g/mol. The van der Waals surface area contributed by atoms with Crippen LogP contribution in [0.5, 0.6) is 0 Å². The molecular weight excluding hydrogens is 387 g/mol. The Morgan fingerprint density at radius 2 is 1.87 bits per heavy atom. The van der Waals surface area contributed by atoms with Crippen molar-refractivity contribution < 1.29 is 19.1 Å². The molecular formula is C22H19FN4O3. The van der Waals surface area contributed by atoms with Gasteiger partial charge in [-0.2, -0.15) is 0 Å². The SMILES string of the molecule is O=C1C(=O)N(CCCn2ccnc2)C(c2cccnc2)C1=C(O)c1ccc(F)cc1. The third-order valence-electron chi connectivity index (χ3n) is 5.03. The molecule has 1 N–H and O–H groups in total. The minimum atomic E-state index is -0.772. The Bertz CT molecular complexity index is 1080. The molecule has 8 heteroatoms. The van der Waals surface area contributed by atoms with E-state index in [-0.39, 0.29) is 16.9 Å². The highest BCUT2D eigenvalue weighted by atomic mass is 19.1. The molecule has 0 radical (unpaired) electrons. The van der Waals surface area contributed by atoms with Crippen LogP contribution < -0.4 is 0 Å². The van der Waals surface area contributed by atoms with Crippen LogP contribution in [0.3, 0.4) is 0 Å². The molecule has 7 nitrogen and oxygen atoms in total. The normalized spacial score (nSPS) is 18.2. The molecule has 1 aliphatic rings. The van der Waals surface area contributed by atoms with E-state index >= 15 is 0 Å². The molecule has 1 aliphatic heterocycles. The number of imidazole rings is 1. The lowest BCUT2D eigenvalue weighted by molar-refractivity contribution is -0.139. The van der Waals surface area contributed by atoms with E-state index < -0.39 is 23.5 Å². The van der Waals surface area contributed by atoms with Crippen molar-refractivity contribution in [3.63, 3.8) is 0 Å². The number of rotatable bonds is 6. The van der Waals surface area contributed by atoms with Gasteiger partial charge in [0.2, 0.25) is 0 Å². The number of aromatic nitrogens is 3. The summed E-state index contributed by atoms with van der Waals surface area (Å²) in [5, 5.41) is 10.8. The van der Waals surface area contributed by atoms with Crippen LogP contribution in [0.2, 0.25) is 0 Å². The van der Waals surface area contributed by atoms with Gasteiger partial charge in [-0.3, -0.25) is 14.6 Å². The van der Waals surface area contributed by atoms with Gasteiger partial charge in [-0.25, -0.2) is 9.37 Å². The van der Waals surface area contributed by atoms with E-state index in [9.17, 15) is 19.1 Å². The van der Waals surface area contributed by atoms with Crippen molar-refractivity contribution in [2.75, 3.05) is 6.54 Å². The van der Waals surface area contributed by atoms with Crippen molar-refractivity contribution in [3.8, 4) is 0 Å². The lowest BCUT2D eigenvalue weighted by atomic mass is 9.96. The van der Waals surface area contributed by atoms with Gasteiger partial charge in [-0.15, -0.1) is 0 Å². The molecule has 1 fully saturated rings. The second-order valence-electron chi connectivity index (χ2n) is 6.94. The number of aliphatic hydroxyl groups is 1. The summed E-state index contributed by atoms with van der Waals surface area (Å²) >= 11 is 0. The molecule has 3 heterocycles. The first-order valence-electron chi connectivity index (χ1n) is 9.46. The highest BCUT2D eigenvalue weighted by Gasteiger charge is 2.45. The predicted octanol–water partition coefficient (Wildman–Crippen LogP) is 2.93. The van der Waals surface area contributed by atoms with Crippen molar-refractivity contribution in [3.05, 3.63) is 90.0 Å². The molecule has 0 bridgehead atoms. The maximum Gasteiger partial charge on any atom is 0.295 e. The lowest BCUT2D eigenvalue weighted by Crippen LogP contribution is -2.31. The smallest absolute Gasteiger partial charge is 0.295 e. The van der Waals surface area contributed by atoms with Crippen LogP contribution in [0.1, 0.15) is 23.6 Å². The molecule has 0 aliphatic carbocycles. The van der Waals surface area contributed by atoms with Gasteiger partial charge in [0.15, 0.2) is 0 Å². The summed E-state index contributed by atoms with van der Waals surface area (Å²) in [6, 6.07) is 7.81. The first kappa shape index (κ1) is 19.5. The number of ketones is 1. The first-order chi connectivity index (χ1) is 14.6. The van der Waals surface area contributed by atoms with E-state index in [4.69, 9.17) is 0 Å². The number of likely N-dealkylation sites (tertiary alicyclic amines) is 1. The molecule has 30 heavy (non-hydrogen) atoms. The van der Waals surface area contributed by atoms with Gasteiger partial charge < -0.3 is 14.6 Å². The Morgan fingerprint density at radius 3 is 2.53 bits per heavy atom. The van der Waals surface area contributed by atoms with Gasteiger partial charge in [0.25, 0.3) is 11.7 Å². The highest BCUT2D eigenvalue weighted by molar-refractivity contribution is 6.46. The third kappa shape index (κ3) is 3.71. The molecule has 1 unspecified atom stereocenters. The molecule has 1 amide bonds. The highest BCUT2D eigenvalue weighted by Crippen LogP contribution is 2.39. The summed E-state index contributed by atoms with van der Waals surface area (Å²) in [5.74, 6) is -2.25. The van der Waals surface area contributed by atoms with Crippen LogP contribution >= 0.6 is 0 Å². The number of aryl methyl sites for hydroxylation is 1. The summed E-state index contributed by atoms with van der Waals surface area (Å²) in [6.07, 6.45) is 8.93. The van der Waals surface area contributed by atoms with Gasteiger partial charge >= 0.3 is 0 Å². The fraction of sp³-hybridized carbons (Fsp3) is 0.182. The minimum absolute atomic E-state index is 0.0257. The quantitative estimate of drug-likeness (QED) is 0.386. The summed E-state index contributed by atoms with van der Waals surface area (Å²) < 4.78 is 15.2. The largest absolute Gasteiger partial charge is 0.507 e. The molecule has 3 aromatic rings. The number of aliphatic hydroxyl groups excluding tert-OH is 1. The number of hydrogen-bond donors (Lipinski definition) is 1. The second kappa shape index (κ2) is 8.28. The zero-order chi connectivity index (χ0) is 21.1. The number of benzene rings is 1. The number of amides is 1. The summed E-state index contributed by atoms with van der Waals surface area (Å²) in [5.41, 5.74) is 0.854. The molecule has 0 saturated carbocycles.